The molecule has 204 valence electrons. The summed E-state index contributed by atoms with van der Waals surface area (Å²) in [6, 6.07) is 9.40. The number of hydrazine groups is 1. The number of hydrogen-bond donors (Lipinski definition) is 4. The van der Waals surface area contributed by atoms with Crippen LogP contribution in [0.3, 0.4) is 0 Å². The number of amides is 3. The number of carbonyl (C=O) groups is 3. The number of hydrogen-bond acceptors (Lipinski definition) is 6. The van der Waals surface area contributed by atoms with Crippen LogP contribution in [0, 0.1) is 11.6 Å². The maximum atomic E-state index is 13.4. The van der Waals surface area contributed by atoms with E-state index in [-0.39, 0.29) is 59.4 Å². The Hall–Kier alpha value is -3.29. The van der Waals surface area contributed by atoms with Gasteiger partial charge in [0, 0.05) is 31.3 Å². The van der Waals surface area contributed by atoms with Crippen molar-refractivity contribution in [1.82, 2.24) is 25.9 Å². The first kappa shape index (κ1) is 30.9. The highest BCUT2D eigenvalue weighted by Crippen LogP contribution is 2.21. The molecule has 0 unspecified atom stereocenters. The number of aromatic nitrogens is 2. The van der Waals surface area contributed by atoms with E-state index in [1.807, 2.05) is 0 Å². The highest BCUT2D eigenvalue weighted by molar-refractivity contribution is 6.34. The minimum atomic E-state index is -1.22. The number of nitrogens with zero attached hydrogens (tertiary/aromatic N) is 2. The third-order valence-corrected chi connectivity index (χ3v) is 5.57. The second-order valence-corrected chi connectivity index (χ2v) is 8.19. The lowest BCUT2D eigenvalue weighted by Crippen LogP contribution is -2.48. The number of rotatable bonds is 7. The first-order valence-corrected chi connectivity index (χ1v) is 11.2. The maximum Gasteiger partial charge on any atom is 0.269 e. The monoisotopic (exact) mass is 590 g/mol. The molecule has 1 aliphatic heterocycles. The molecule has 38 heavy (non-hydrogen) atoms. The summed E-state index contributed by atoms with van der Waals surface area (Å²) in [5, 5.41) is 12.9. The topological polar surface area (TPSA) is 128 Å². The predicted molar refractivity (Wildman–Crippen MR) is 140 cm³/mol. The van der Waals surface area contributed by atoms with Crippen LogP contribution in [0.15, 0.2) is 42.5 Å². The minimum absolute atomic E-state index is 0. The van der Waals surface area contributed by atoms with Gasteiger partial charge in [0.1, 0.15) is 5.69 Å². The average Bonchev–Trinajstić information content (AvgIpc) is 3.34. The van der Waals surface area contributed by atoms with Gasteiger partial charge >= 0.3 is 0 Å². The van der Waals surface area contributed by atoms with Gasteiger partial charge in [0.15, 0.2) is 17.5 Å². The van der Waals surface area contributed by atoms with Gasteiger partial charge in [-0.15, -0.1) is 24.8 Å². The van der Waals surface area contributed by atoms with Crippen LogP contribution in [0.4, 0.5) is 14.6 Å². The van der Waals surface area contributed by atoms with Gasteiger partial charge in [0.25, 0.3) is 17.7 Å². The largest absolute Gasteiger partial charge is 0.379 e. The molecule has 1 saturated heterocycles. The smallest absolute Gasteiger partial charge is 0.269 e. The lowest BCUT2D eigenvalue weighted by atomic mass is 10.1. The first-order chi connectivity index (χ1) is 17.3. The molecule has 3 aromatic rings. The van der Waals surface area contributed by atoms with Gasteiger partial charge in [-0.25, -0.2) is 13.8 Å². The molecule has 0 bridgehead atoms. The number of nitrogens with one attached hydrogen (secondary N) is 4. The summed E-state index contributed by atoms with van der Waals surface area (Å²) >= 11 is 5.80. The minimum Gasteiger partial charge on any atom is -0.379 e. The molecular weight excluding hydrogens is 569 g/mol. The van der Waals surface area contributed by atoms with Crippen molar-refractivity contribution in [2.24, 2.45) is 0 Å². The summed E-state index contributed by atoms with van der Waals surface area (Å²) in [6.45, 7) is 2.54. The summed E-state index contributed by atoms with van der Waals surface area (Å²) in [6.07, 6.45) is 0. The van der Waals surface area contributed by atoms with Crippen LogP contribution in [0.2, 0.25) is 5.02 Å². The number of benzene rings is 2. The fourth-order valence-corrected chi connectivity index (χ4v) is 3.55. The van der Waals surface area contributed by atoms with E-state index in [9.17, 15) is 23.2 Å². The molecule has 2 heterocycles. The van der Waals surface area contributed by atoms with Gasteiger partial charge in [-0.2, -0.15) is 5.10 Å². The van der Waals surface area contributed by atoms with Crippen LogP contribution >= 0.6 is 36.4 Å². The third kappa shape index (κ3) is 7.85. The summed E-state index contributed by atoms with van der Waals surface area (Å²) in [5.41, 5.74) is 3.83. The Labute approximate surface area is 233 Å². The third-order valence-electron chi connectivity index (χ3n) is 5.26. The van der Waals surface area contributed by atoms with Crippen LogP contribution < -0.4 is 16.1 Å². The van der Waals surface area contributed by atoms with Crippen LogP contribution in [-0.2, 0) is 11.3 Å². The van der Waals surface area contributed by atoms with E-state index in [1.165, 1.54) is 6.07 Å². The van der Waals surface area contributed by atoms with Crippen molar-refractivity contribution >= 4 is 60.0 Å². The number of anilines is 1. The Bertz CT molecular complexity index is 1290. The van der Waals surface area contributed by atoms with Gasteiger partial charge < -0.3 is 15.4 Å². The quantitative estimate of drug-likeness (QED) is 0.312. The van der Waals surface area contributed by atoms with E-state index in [1.54, 1.807) is 29.3 Å². The molecule has 0 radical (unpaired) electrons. The van der Waals surface area contributed by atoms with Gasteiger partial charge in [-0.05, 0) is 29.8 Å². The molecule has 0 spiro atoms. The number of halogens is 5. The highest BCUT2D eigenvalue weighted by Gasteiger charge is 2.18. The molecule has 10 nitrogen and oxygen atoms in total. The zero-order valence-corrected chi connectivity index (χ0v) is 21.9. The Morgan fingerprint density at radius 2 is 1.63 bits per heavy atom. The van der Waals surface area contributed by atoms with Gasteiger partial charge in [-0.3, -0.25) is 24.9 Å². The fourth-order valence-electron chi connectivity index (χ4n) is 3.32. The van der Waals surface area contributed by atoms with Crippen LogP contribution in [0.5, 0.6) is 0 Å². The fraction of sp³-hybridized carbons (Fsp3) is 0.217. The Balaban J connectivity index is 0.00000253. The van der Waals surface area contributed by atoms with Crippen molar-refractivity contribution in [1.29, 1.82) is 0 Å². The van der Waals surface area contributed by atoms with Crippen LogP contribution in [0.25, 0.3) is 0 Å². The normalized spacial score (nSPS) is 13.0. The second kappa shape index (κ2) is 14.0. The van der Waals surface area contributed by atoms with E-state index < -0.39 is 23.4 Å². The van der Waals surface area contributed by atoms with E-state index in [2.05, 4.69) is 26.3 Å². The zero-order chi connectivity index (χ0) is 25.7. The van der Waals surface area contributed by atoms with Crippen LogP contribution in [0.1, 0.15) is 36.8 Å². The number of H-pyrrole nitrogens is 1. The van der Waals surface area contributed by atoms with Crippen molar-refractivity contribution in [3.63, 3.8) is 0 Å². The molecule has 1 aromatic heterocycles. The first-order valence-electron chi connectivity index (χ1n) is 10.8. The van der Waals surface area contributed by atoms with E-state index in [0.29, 0.717) is 44.0 Å². The SMILES string of the molecule is Cl.Cl.O=C(NN1CCOCC1)c1ccc(CNC(=O)c2cc(NC(=O)c3cc(F)c(F)cc3Cl)n[nH]2)cc1. The van der Waals surface area contributed by atoms with Crippen molar-refractivity contribution in [2.45, 2.75) is 6.54 Å². The molecule has 4 N–H and O–H groups in total. The molecule has 2 aromatic carbocycles. The number of aromatic amines is 1. The standard InChI is InChI=1S/C23H21ClF2N6O4.2ClH/c24-16-10-18(26)17(25)9-15(16)22(34)28-20-11-19(29-30-20)23(35)27-12-13-1-3-14(4-2-13)21(33)31-32-5-7-36-8-6-32;;/h1-4,9-11H,5-8,12H2,(H,27,35)(H,31,33)(H2,28,29,30,34);2*1H. The number of morpholine rings is 1. The van der Waals surface area contributed by atoms with Crippen molar-refractivity contribution in [2.75, 3.05) is 31.6 Å². The summed E-state index contributed by atoms with van der Waals surface area (Å²) < 4.78 is 31.9. The molecule has 0 saturated carbocycles. The molecule has 0 aliphatic carbocycles. The highest BCUT2D eigenvalue weighted by atomic mass is 35.5. The molecule has 3 amide bonds. The molecule has 1 aliphatic rings. The number of carbonyl (C=O) groups excluding carboxylic acids is 3. The van der Waals surface area contributed by atoms with E-state index in [4.69, 9.17) is 16.3 Å². The molecule has 1 fully saturated rings. The Morgan fingerprint density at radius 3 is 2.32 bits per heavy atom. The predicted octanol–water partition coefficient (Wildman–Crippen LogP) is 3.34. The molecular formula is C23H23Cl3F2N6O4. The Morgan fingerprint density at radius 1 is 0.974 bits per heavy atom. The Kier molecular flexibility index (Phi) is 11.4. The van der Waals surface area contributed by atoms with Gasteiger partial charge in [-0.1, -0.05) is 23.7 Å². The molecule has 0 atom stereocenters. The van der Waals surface area contributed by atoms with Crippen LogP contribution in [-0.4, -0.2) is 59.2 Å². The second-order valence-electron chi connectivity index (χ2n) is 7.79. The summed E-state index contributed by atoms with van der Waals surface area (Å²) in [4.78, 5) is 37.1. The van der Waals surface area contributed by atoms with Gasteiger partial charge in [0.2, 0.25) is 0 Å². The maximum absolute atomic E-state index is 13.4. The van der Waals surface area contributed by atoms with Gasteiger partial charge in [0.05, 0.1) is 23.8 Å². The summed E-state index contributed by atoms with van der Waals surface area (Å²) in [5.74, 6) is -3.97. The summed E-state index contributed by atoms with van der Waals surface area (Å²) in [7, 11) is 0. The van der Waals surface area contributed by atoms with Crippen molar-refractivity contribution in [3.8, 4) is 0 Å². The average molecular weight is 592 g/mol. The number of ether oxygens (including phenoxy) is 1. The lowest BCUT2D eigenvalue weighted by molar-refractivity contribution is 0.0126. The zero-order valence-electron chi connectivity index (χ0n) is 19.6. The van der Waals surface area contributed by atoms with E-state index in [0.717, 1.165) is 5.56 Å². The molecule has 15 heteroatoms. The molecule has 4 rings (SSSR count). The lowest BCUT2D eigenvalue weighted by Gasteiger charge is -2.26. The van der Waals surface area contributed by atoms with E-state index >= 15 is 0 Å². The van der Waals surface area contributed by atoms with Crippen molar-refractivity contribution < 1.29 is 27.9 Å². The van der Waals surface area contributed by atoms with Crippen molar-refractivity contribution in [3.05, 3.63) is 81.5 Å².